The van der Waals surface area contributed by atoms with E-state index in [1.54, 1.807) is 0 Å². The smallest absolute Gasteiger partial charge is 0.258 e. The van der Waals surface area contributed by atoms with E-state index in [4.69, 9.17) is 0 Å². The topological polar surface area (TPSA) is 20.3 Å². The first kappa shape index (κ1) is 16.8. The van der Waals surface area contributed by atoms with Crippen LogP contribution in [0.2, 0.25) is 0 Å². The molecule has 0 aromatic heterocycles. The second-order valence-electron chi connectivity index (χ2n) is 7.19. The van der Waals surface area contributed by atoms with Gasteiger partial charge in [-0.3, -0.25) is 4.79 Å². The van der Waals surface area contributed by atoms with Gasteiger partial charge in [-0.25, -0.2) is 0 Å². The number of rotatable bonds is 4. The zero-order chi connectivity index (χ0) is 16.9. The molecule has 0 radical (unpaired) electrons. The Morgan fingerprint density at radius 2 is 1.42 bits per heavy atom. The van der Waals surface area contributed by atoms with Gasteiger partial charge >= 0.3 is 0 Å². The van der Waals surface area contributed by atoms with Gasteiger partial charge < -0.3 is 4.90 Å². The first-order valence-corrected chi connectivity index (χ1v) is 9.10. The summed E-state index contributed by atoms with van der Waals surface area (Å²) in [6.45, 7) is 4.63. The van der Waals surface area contributed by atoms with Crippen molar-refractivity contribution < 1.29 is 4.79 Å². The minimum absolute atomic E-state index is 0.120. The molecular formula is C22H27NO. The average Bonchev–Trinajstić information content (AvgIpc) is 2.64. The van der Waals surface area contributed by atoms with Gasteiger partial charge in [0.05, 0.1) is 0 Å². The molecule has 1 amide bonds. The van der Waals surface area contributed by atoms with E-state index in [2.05, 4.69) is 26.0 Å². The fourth-order valence-corrected chi connectivity index (χ4v) is 3.83. The summed E-state index contributed by atoms with van der Waals surface area (Å²) in [7, 11) is 0. The summed E-state index contributed by atoms with van der Waals surface area (Å²) in [6.07, 6.45) is 4.62. The van der Waals surface area contributed by atoms with Crippen LogP contribution >= 0.6 is 0 Å². The molecule has 0 unspecified atom stereocenters. The van der Waals surface area contributed by atoms with E-state index in [1.165, 1.54) is 12.8 Å². The Kier molecular flexibility index (Phi) is 5.34. The van der Waals surface area contributed by atoms with Crippen LogP contribution in [0.3, 0.4) is 0 Å². The molecule has 126 valence electrons. The number of hydrogen-bond donors (Lipinski definition) is 0. The van der Waals surface area contributed by atoms with Gasteiger partial charge in [0.1, 0.15) is 0 Å². The third-order valence-electron chi connectivity index (χ3n) is 5.32. The van der Waals surface area contributed by atoms with E-state index in [0.717, 1.165) is 35.9 Å². The van der Waals surface area contributed by atoms with E-state index < -0.39 is 0 Å². The van der Waals surface area contributed by atoms with Gasteiger partial charge in [0.15, 0.2) is 0 Å². The molecule has 24 heavy (non-hydrogen) atoms. The normalized spacial score (nSPS) is 20.8. The molecule has 0 spiro atoms. The largest absolute Gasteiger partial charge is 0.305 e. The minimum atomic E-state index is 0.120. The van der Waals surface area contributed by atoms with Crippen molar-refractivity contribution in [1.82, 2.24) is 0 Å². The van der Waals surface area contributed by atoms with Gasteiger partial charge in [0.25, 0.3) is 5.91 Å². The van der Waals surface area contributed by atoms with Crippen molar-refractivity contribution in [1.29, 1.82) is 0 Å². The first-order chi connectivity index (χ1) is 11.7. The molecule has 0 bridgehead atoms. The Bertz CT molecular complexity index is 642. The summed E-state index contributed by atoms with van der Waals surface area (Å²) in [6, 6.07) is 20.1. The molecular weight excluding hydrogens is 294 g/mol. The average molecular weight is 321 g/mol. The first-order valence-electron chi connectivity index (χ1n) is 9.10. The molecule has 0 N–H and O–H groups in total. The Morgan fingerprint density at radius 3 is 1.96 bits per heavy atom. The van der Waals surface area contributed by atoms with Crippen molar-refractivity contribution >= 4 is 11.6 Å². The number of nitrogens with zero attached hydrogens (tertiary/aromatic N) is 1. The lowest BCUT2D eigenvalue weighted by Gasteiger charge is -2.38. The zero-order valence-electron chi connectivity index (χ0n) is 14.7. The van der Waals surface area contributed by atoms with Crippen LogP contribution in [-0.4, -0.2) is 11.9 Å². The molecule has 0 atom stereocenters. The maximum absolute atomic E-state index is 13.2. The number of anilines is 1. The van der Waals surface area contributed by atoms with Crippen LogP contribution in [0.15, 0.2) is 60.7 Å². The van der Waals surface area contributed by atoms with Crippen LogP contribution in [0.5, 0.6) is 0 Å². The second kappa shape index (κ2) is 7.65. The minimum Gasteiger partial charge on any atom is -0.305 e. The molecule has 1 aliphatic rings. The lowest BCUT2D eigenvalue weighted by Crippen LogP contribution is -2.43. The predicted octanol–water partition coefficient (Wildman–Crippen LogP) is 5.55. The SMILES string of the molecule is CC(C)C1CCC(N(C(=O)c2ccccc2)c2ccccc2)CC1. The van der Waals surface area contributed by atoms with Crippen molar-refractivity contribution in [3.63, 3.8) is 0 Å². The monoisotopic (exact) mass is 321 g/mol. The number of carbonyl (C=O) groups is 1. The summed E-state index contributed by atoms with van der Waals surface area (Å²) in [5.41, 5.74) is 1.78. The number of hydrogen-bond acceptors (Lipinski definition) is 1. The van der Waals surface area contributed by atoms with Gasteiger partial charge in [-0.2, -0.15) is 0 Å². The Hall–Kier alpha value is -2.09. The molecule has 2 aromatic rings. The van der Waals surface area contributed by atoms with Crippen LogP contribution < -0.4 is 4.90 Å². The summed E-state index contributed by atoms with van der Waals surface area (Å²) in [5.74, 6) is 1.65. The van der Waals surface area contributed by atoms with Gasteiger partial charge in [0.2, 0.25) is 0 Å². The van der Waals surface area contributed by atoms with Gasteiger partial charge in [-0.15, -0.1) is 0 Å². The predicted molar refractivity (Wildman–Crippen MR) is 100 cm³/mol. The van der Waals surface area contributed by atoms with E-state index in [-0.39, 0.29) is 5.91 Å². The lowest BCUT2D eigenvalue weighted by molar-refractivity contribution is 0.0964. The molecule has 0 heterocycles. The molecule has 1 fully saturated rings. The Labute approximate surface area is 145 Å². The second-order valence-corrected chi connectivity index (χ2v) is 7.19. The molecule has 0 aliphatic heterocycles. The molecule has 1 saturated carbocycles. The maximum Gasteiger partial charge on any atom is 0.258 e. The number of benzene rings is 2. The van der Waals surface area contributed by atoms with Crippen LogP contribution in [-0.2, 0) is 0 Å². The van der Waals surface area contributed by atoms with Crippen molar-refractivity contribution in [2.45, 2.75) is 45.6 Å². The van der Waals surface area contributed by atoms with Crippen LogP contribution in [0, 0.1) is 11.8 Å². The fourth-order valence-electron chi connectivity index (χ4n) is 3.83. The highest BCUT2D eigenvalue weighted by atomic mass is 16.2. The Morgan fingerprint density at radius 1 is 0.875 bits per heavy atom. The third-order valence-corrected chi connectivity index (χ3v) is 5.32. The number of para-hydroxylation sites is 1. The summed E-state index contributed by atoms with van der Waals surface area (Å²) in [4.78, 5) is 15.2. The number of carbonyl (C=O) groups excluding carboxylic acids is 1. The van der Waals surface area contributed by atoms with Crippen LogP contribution in [0.4, 0.5) is 5.69 Å². The lowest BCUT2D eigenvalue weighted by atomic mass is 9.79. The Balaban J connectivity index is 1.85. The number of amides is 1. The summed E-state index contributed by atoms with van der Waals surface area (Å²) in [5, 5.41) is 0. The van der Waals surface area contributed by atoms with E-state index >= 15 is 0 Å². The zero-order valence-corrected chi connectivity index (χ0v) is 14.7. The fraction of sp³-hybridized carbons (Fsp3) is 0.409. The summed E-state index contributed by atoms with van der Waals surface area (Å²) >= 11 is 0. The van der Waals surface area contributed by atoms with Crippen LogP contribution in [0.1, 0.15) is 49.9 Å². The molecule has 1 aliphatic carbocycles. The summed E-state index contributed by atoms with van der Waals surface area (Å²) < 4.78 is 0. The molecule has 2 heteroatoms. The van der Waals surface area contributed by atoms with E-state index in [0.29, 0.717) is 6.04 Å². The van der Waals surface area contributed by atoms with Crippen molar-refractivity contribution in [3.05, 3.63) is 66.2 Å². The van der Waals surface area contributed by atoms with Gasteiger partial charge in [-0.05, 0) is 61.8 Å². The molecule has 2 aromatic carbocycles. The highest BCUT2D eigenvalue weighted by Gasteiger charge is 2.31. The highest BCUT2D eigenvalue weighted by molar-refractivity contribution is 6.06. The van der Waals surface area contributed by atoms with Crippen LogP contribution in [0.25, 0.3) is 0 Å². The molecule has 3 rings (SSSR count). The standard InChI is InChI=1S/C22H27NO/c1-17(2)18-13-15-21(16-14-18)23(20-11-7-4-8-12-20)22(24)19-9-5-3-6-10-19/h3-12,17-18,21H,13-16H2,1-2H3. The quantitative estimate of drug-likeness (QED) is 0.723. The van der Waals surface area contributed by atoms with E-state index in [1.807, 2.05) is 53.4 Å². The molecule has 2 nitrogen and oxygen atoms in total. The van der Waals surface area contributed by atoms with Gasteiger partial charge in [-0.1, -0.05) is 50.2 Å². The van der Waals surface area contributed by atoms with Crippen molar-refractivity contribution in [2.24, 2.45) is 11.8 Å². The highest BCUT2D eigenvalue weighted by Crippen LogP contribution is 2.34. The van der Waals surface area contributed by atoms with Gasteiger partial charge in [0, 0.05) is 17.3 Å². The third kappa shape index (κ3) is 3.69. The maximum atomic E-state index is 13.2. The van der Waals surface area contributed by atoms with E-state index in [9.17, 15) is 4.79 Å². The molecule has 0 saturated heterocycles. The van der Waals surface area contributed by atoms with Crippen molar-refractivity contribution in [3.8, 4) is 0 Å². The van der Waals surface area contributed by atoms with Crippen molar-refractivity contribution in [2.75, 3.05) is 4.90 Å².